The van der Waals surface area contributed by atoms with E-state index in [4.69, 9.17) is 11.5 Å². The molecule has 0 aliphatic heterocycles. The lowest BCUT2D eigenvalue weighted by atomic mass is 10.2. The van der Waals surface area contributed by atoms with E-state index in [1.807, 2.05) is 0 Å². The molecule has 0 aliphatic carbocycles. The van der Waals surface area contributed by atoms with Gasteiger partial charge in [-0.05, 0) is 0 Å². The third-order valence-electron chi connectivity index (χ3n) is 1.33. The first kappa shape index (κ1) is 10.4. The van der Waals surface area contributed by atoms with Crippen LogP contribution in [0.2, 0.25) is 0 Å². The maximum absolute atomic E-state index is 12.5. The Kier molecular flexibility index (Phi) is 2.41. The van der Waals surface area contributed by atoms with Crippen LogP contribution in [0, 0.1) is 5.82 Å². The average Bonchev–Trinajstić information content (AvgIpc) is 1.95. The summed E-state index contributed by atoms with van der Waals surface area (Å²) in [5, 5.41) is 0. The zero-order chi connectivity index (χ0) is 10.9. The molecule has 4 N–H and O–H groups in total. The van der Waals surface area contributed by atoms with Crippen molar-refractivity contribution in [1.29, 1.82) is 0 Å². The Morgan fingerprint density at radius 2 is 1.50 bits per heavy atom. The van der Waals surface area contributed by atoms with Gasteiger partial charge in [-0.3, -0.25) is 0 Å². The molecule has 1 rings (SSSR count). The molecule has 0 saturated carbocycles. The van der Waals surface area contributed by atoms with Crippen molar-refractivity contribution < 1.29 is 22.3 Å². The number of rotatable bonds is 1. The standard InChI is InChI=1S/C7H6F4N2O/c8-3-1-4(12)6(5(13)2-3)14-7(9,10)11/h1-2H,12-13H2. The molecule has 0 atom stereocenters. The van der Waals surface area contributed by atoms with Crippen molar-refractivity contribution >= 4 is 11.4 Å². The number of alkyl halides is 3. The lowest BCUT2D eigenvalue weighted by Gasteiger charge is -2.12. The molecule has 0 bridgehead atoms. The lowest BCUT2D eigenvalue weighted by molar-refractivity contribution is -0.274. The zero-order valence-corrected chi connectivity index (χ0v) is 6.73. The highest BCUT2D eigenvalue weighted by Crippen LogP contribution is 2.34. The molecule has 14 heavy (non-hydrogen) atoms. The molecule has 0 aliphatic rings. The van der Waals surface area contributed by atoms with Gasteiger partial charge in [0.05, 0.1) is 11.4 Å². The lowest BCUT2D eigenvalue weighted by Crippen LogP contribution is -2.19. The fourth-order valence-electron chi connectivity index (χ4n) is 0.870. The van der Waals surface area contributed by atoms with Crippen LogP contribution in [-0.4, -0.2) is 6.36 Å². The minimum absolute atomic E-state index is 0.500. The van der Waals surface area contributed by atoms with Crippen LogP contribution in [0.1, 0.15) is 0 Å². The number of anilines is 2. The Labute approximate surface area is 76.3 Å². The Bertz CT molecular complexity index is 327. The second-order valence-electron chi connectivity index (χ2n) is 2.46. The summed E-state index contributed by atoms with van der Waals surface area (Å²) in [4.78, 5) is 0. The zero-order valence-electron chi connectivity index (χ0n) is 6.73. The van der Waals surface area contributed by atoms with Gasteiger partial charge in [-0.15, -0.1) is 13.2 Å². The van der Waals surface area contributed by atoms with Gasteiger partial charge >= 0.3 is 6.36 Å². The SMILES string of the molecule is Nc1cc(F)cc(N)c1OC(F)(F)F. The van der Waals surface area contributed by atoms with Crippen LogP contribution in [0.4, 0.5) is 28.9 Å². The molecule has 0 heterocycles. The number of halogens is 4. The second kappa shape index (κ2) is 3.24. The van der Waals surface area contributed by atoms with E-state index in [-0.39, 0.29) is 0 Å². The summed E-state index contributed by atoms with van der Waals surface area (Å²) in [7, 11) is 0. The summed E-state index contributed by atoms with van der Waals surface area (Å²) < 4.78 is 51.4. The van der Waals surface area contributed by atoms with Gasteiger partial charge in [-0.2, -0.15) is 0 Å². The molecule has 0 radical (unpaired) electrons. The maximum atomic E-state index is 12.5. The number of benzene rings is 1. The molecule has 1 aromatic rings. The first-order chi connectivity index (χ1) is 6.29. The van der Waals surface area contributed by atoms with Crippen LogP contribution in [0.5, 0.6) is 5.75 Å². The maximum Gasteiger partial charge on any atom is 0.573 e. The fraction of sp³-hybridized carbons (Fsp3) is 0.143. The van der Waals surface area contributed by atoms with E-state index in [0.717, 1.165) is 0 Å². The molecule has 3 nitrogen and oxygen atoms in total. The third kappa shape index (κ3) is 2.41. The quantitative estimate of drug-likeness (QED) is 0.549. The first-order valence-corrected chi connectivity index (χ1v) is 3.40. The van der Waals surface area contributed by atoms with Gasteiger partial charge in [0.15, 0.2) is 5.75 Å². The van der Waals surface area contributed by atoms with Crippen LogP contribution < -0.4 is 16.2 Å². The topological polar surface area (TPSA) is 61.3 Å². The normalized spacial score (nSPS) is 11.4. The van der Waals surface area contributed by atoms with Gasteiger partial charge in [0.2, 0.25) is 0 Å². The van der Waals surface area contributed by atoms with E-state index in [1.54, 1.807) is 0 Å². The number of ether oxygens (including phenoxy) is 1. The van der Waals surface area contributed by atoms with Crippen LogP contribution >= 0.6 is 0 Å². The van der Waals surface area contributed by atoms with Crippen LogP contribution in [-0.2, 0) is 0 Å². The van der Waals surface area contributed by atoms with Crippen molar-refractivity contribution in [2.75, 3.05) is 11.5 Å². The van der Waals surface area contributed by atoms with Crippen LogP contribution in [0.25, 0.3) is 0 Å². The van der Waals surface area contributed by atoms with Gasteiger partial charge < -0.3 is 16.2 Å². The van der Waals surface area contributed by atoms with Crippen molar-refractivity contribution in [2.45, 2.75) is 6.36 Å². The Balaban J connectivity index is 3.09. The average molecular weight is 210 g/mol. The van der Waals surface area contributed by atoms with E-state index >= 15 is 0 Å². The van der Waals surface area contributed by atoms with E-state index in [0.29, 0.717) is 12.1 Å². The number of hydrogen-bond donors (Lipinski definition) is 2. The molecule has 0 fully saturated rings. The van der Waals surface area contributed by atoms with Gasteiger partial charge in [-0.25, -0.2) is 4.39 Å². The predicted octanol–water partition coefficient (Wildman–Crippen LogP) is 1.89. The minimum atomic E-state index is -4.90. The summed E-state index contributed by atoms with van der Waals surface area (Å²) in [6, 6.07) is 1.38. The first-order valence-electron chi connectivity index (χ1n) is 3.40. The van der Waals surface area contributed by atoms with Crippen LogP contribution in [0.15, 0.2) is 12.1 Å². The van der Waals surface area contributed by atoms with Crippen molar-refractivity contribution in [2.24, 2.45) is 0 Å². The molecule has 0 aromatic heterocycles. The van der Waals surface area contributed by atoms with E-state index in [1.165, 1.54) is 0 Å². The Hall–Kier alpha value is -1.66. The number of nitrogens with two attached hydrogens (primary N) is 2. The predicted molar refractivity (Wildman–Crippen MR) is 41.9 cm³/mol. The van der Waals surface area contributed by atoms with Gasteiger partial charge in [0.1, 0.15) is 5.82 Å². The van der Waals surface area contributed by atoms with E-state index < -0.39 is 29.3 Å². The largest absolute Gasteiger partial charge is 0.573 e. The highest BCUT2D eigenvalue weighted by molar-refractivity contribution is 5.67. The molecule has 0 saturated heterocycles. The highest BCUT2D eigenvalue weighted by Gasteiger charge is 2.33. The van der Waals surface area contributed by atoms with E-state index in [9.17, 15) is 17.6 Å². The van der Waals surface area contributed by atoms with Crippen molar-refractivity contribution in [3.8, 4) is 5.75 Å². The van der Waals surface area contributed by atoms with E-state index in [2.05, 4.69) is 4.74 Å². The number of hydrogen-bond acceptors (Lipinski definition) is 3. The molecule has 0 amide bonds. The highest BCUT2D eigenvalue weighted by atomic mass is 19.4. The molecule has 78 valence electrons. The summed E-state index contributed by atoms with van der Waals surface area (Å²) in [5.74, 6) is -1.60. The smallest absolute Gasteiger partial charge is 0.401 e. The molecule has 0 spiro atoms. The Morgan fingerprint density at radius 3 is 1.86 bits per heavy atom. The van der Waals surface area contributed by atoms with Gasteiger partial charge in [0.25, 0.3) is 0 Å². The summed E-state index contributed by atoms with van der Waals surface area (Å²) >= 11 is 0. The number of nitrogen functional groups attached to an aromatic ring is 2. The summed E-state index contributed by atoms with van der Waals surface area (Å²) in [6.45, 7) is 0. The molecule has 0 unspecified atom stereocenters. The van der Waals surface area contributed by atoms with Gasteiger partial charge in [-0.1, -0.05) is 0 Å². The Morgan fingerprint density at radius 1 is 1.07 bits per heavy atom. The van der Waals surface area contributed by atoms with Crippen molar-refractivity contribution in [3.05, 3.63) is 17.9 Å². The monoisotopic (exact) mass is 210 g/mol. The van der Waals surface area contributed by atoms with Crippen molar-refractivity contribution in [1.82, 2.24) is 0 Å². The summed E-state index contributed by atoms with van der Waals surface area (Å²) in [5.41, 5.74) is 9.17. The molecular weight excluding hydrogens is 204 g/mol. The third-order valence-corrected chi connectivity index (χ3v) is 1.33. The molecule has 1 aromatic carbocycles. The minimum Gasteiger partial charge on any atom is -0.401 e. The summed E-state index contributed by atoms with van der Waals surface area (Å²) in [6.07, 6.45) is -4.90. The van der Waals surface area contributed by atoms with Gasteiger partial charge in [0, 0.05) is 12.1 Å². The van der Waals surface area contributed by atoms with Crippen molar-refractivity contribution in [3.63, 3.8) is 0 Å². The van der Waals surface area contributed by atoms with Crippen LogP contribution in [0.3, 0.4) is 0 Å². The fourth-order valence-corrected chi connectivity index (χ4v) is 0.870. The molecular formula is C7H6F4N2O. The second-order valence-corrected chi connectivity index (χ2v) is 2.46. The molecule has 7 heteroatoms.